The Morgan fingerprint density at radius 2 is 1.92 bits per heavy atom. The maximum absolute atomic E-state index is 13.6. The zero-order valence-corrected chi connectivity index (χ0v) is 14.1. The molecule has 2 heterocycles. The smallest absolute Gasteiger partial charge is 0.257 e. The molecule has 2 aromatic rings. The SMILES string of the molecule is N#Cc1cccnc1N1CCC(CNC(=O)c2c(F)cccc2F)CC1. The summed E-state index contributed by atoms with van der Waals surface area (Å²) in [6.07, 6.45) is 3.24. The molecule has 1 amide bonds. The Kier molecular flexibility index (Phi) is 5.42. The minimum Gasteiger partial charge on any atom is -0.356 e. The van der Waals surface area contributed by atoms with Crippen LogP contribution in [0.25, 0.3) is 0 Å². The second kappa shape index (κ2) is 7.91. The fourth-order valence-corrected chi connectivity index (χ4v) is 3.13. The van der Waals surface area contributed by atoms with Gasteiger partial charge in [-0.05, 0) is 43.0 Å². The van der Waals surface area contributed by atoms with Crippen LogP contribution in [0, 0.1) is 28.9 Å². The Hall–Kier alpha value is -3.01. The first-order valence-corrected chi connectivity index (χ1v) is 8.42. The normalized spacial score (nSPS) is 14.7. The number of nitrogens with one attached hydrogen (secondary N) is 1. The van der Waals surface area contributed by atoms with E-state index in [2.05, 4.69) is 16.4 Å². The maximum Gasteiger partial charge on any atom is 0.257 e. The van der Waals surface area contributed by atoms with Crippen molar-refractivity contribution in [2.75, 3.05) is 24.5 Å². The van der Waals surface area contributed by atoms with Crippen molar-refractivity contribution in [3.05, 3.63) is 59.3 Å². The van der Waals surface area contributed by atoms with Crippen LogP contribution in [-0.4, -0.2) is 30.5 Å². The van der Waals surface area contributed by atoms with Crippen LogP contribution in [0.4, 0.5) is 14.6 Å². The van der Waals surface area contributed by atoms with E-state index in [-0.39, 0.29) is 5.92 Å². The fraction of sp³-hybridized carbons (Fsp3) is 0.316. The predicted octanol–water partition coefficient (Wildman–Crippen LogP) is 2.88. The number of piperidine rings is 1. The van der Waals surface area contributed by atoms with Crippen molar-refractivity contribution in [2.45, 2.75) is 12.8 Å². The van der Waals surface area contributed by atoms with Gasteiger partial charge in [0.2, 0.25) is 0 Å². The van der Waals surface area contributed by atoms with Crippen LogP contribution in [0.15, 0.2) is 36.5 Å². The number of anilines is 1. The van der Waals surface area contributed by atoms with Gasteiger partial charge in [-0.15, -0.1) is 0 Å². The number of carbonyl (C=O) groups excluding carboxylic acids is 1. The molecule has 1 aromatic carbocycles. The Morgan fingerprint density at radius 1 is 1.23 bits per heavy atom. The van der Waals surface area contributed by atoms with Gasteiger partial charge in [-0.3, -0.25) is 4.79 Å². The van der Waals surface area contributed by atoms with Crippen LogP contribution < -0.4 is 10.2 Å². The summed E-state index contributed by atoms with van der Waals surface area (Å²) in [5.41, 5.74) is -0.00800. The molecule has 0 unspecified atom stereocenters. The van der Waals surface area contributed by atoms with Gasteiger partial charge >= 0.3 is 0 Å². The van der Waals surface area contributed by atoms with E-state index in [1.165, 1.54) is 6.07 Å². The highest BCUT2D eigenvalue weighted by Crippen LogP contribution is 2.24. The lowest BCUT2D eigenvalue weighted by atomic mass is 9.96. The van der Waals surface area contributed by atoms with Gasteiger partial charge in [0, 0.05) is 25.8 Å². The summed E-state index contributed by atoms with van der Waals surface area (Å²) in [7, 11) is 0. The van der Waals surface area contributed by atoms with Crippen LogP contribution in [0.1, 0.15) is 28.8 Å². The third-order valence-corrected chi connectivity index (χ3v) is 4.56. The van der Waals surface area contributed by atoms with Crippen molar-refractivity contribution in [3.63, 3.8) is 0 Å². The number of benzene rings is 1. The van der Waals surface area contributed by atoms with E-state index >= 15 is 0 Å². The quantitative estimate of drug-likeness (QED) is 0.915. The first-order valence-electron chi connectivity index (χ1n) is 8.42. The minimum atomic E-state index is -0.864. The first kappa shape index (κ1) is 17.8. The van der Waals surface area contributed by atoms with Crippen LogP contribution in [-0.2, 0) is 0 Å². The molecule has 26 heavy (non-hydrogen) atoms. The lowest BCUT2D eigenvalue weighted by Crippen LogP contribution is -2.39. The number of nitrogens with zero attached hydrogens (tertiary/aromatic N) is 3. The van der Waals surface area contributed by atoms with E-state index in [0.29, 0.717) is 31.0 Å². The zero-order chi connectivity index (χ0) is 18.5. The van der Waals surface area contributed by atoms with Crippen molar-refractivity contribution >= 4 is 11.7 Å². The molecule has 1 N–H and O–H groups in total. The Balaban J connectivity index is 1.55. The van der Waals surface area contributed by atoms with Gasteiger partial charge < -0.3 is 10.2 Å². The zero-order valence-electron chi connectivity index (χ0n) is 14.1. The number of halogens is 2. The second-order valence-electron chi connectivity index (χ2n) is 6.22. The summed E-state index contributed by atoms with van der Waals surface area (Å²) < 4.78 is 27.3. The summed E-state index contributed by atoms with van der Waals surface area (Å²) in [4.78, 5) is 18.4. The summed E-state index contributed by atoms with van der Waals surface area (Å²) in [6.45, 7) is 1.77. The van der Waals surface area contributed by atoms with Crippen molar-refractivity contribution in [2.24, 2.45) is 5.92 Å². The van der Waals surface area contributed by atoms with Gasteiger partial charge in [0.1, 0.15) is 29.1 Å². The molecule has 1 aromatic heterocycles. The highest BCUT2D eigenvalue weighted by molar-refractivity contribution is 5.94. The molecule has 1 saturated heterocycles. The molecule has 0 radical (unpaired) electrons. The number of aromatic nitrogens is 1. The second-order valence-corrected chi connectivity index (χ2v) is 6.22. The summed E-state index contributed by atoms with van der Waals surface area (Å²) >= 11 is 0. The number of nitriles is 1. The van der Waals surface area contributed by atoms with Crippen LogP contribution in [0.3, 0.4) is 0 Å². The van der Waals surface area contributed by atoms with Gasteiger partial charge in [-0.25, -0.2) is 13.8 Å². The minimum absolute atomic E-state index is 0.208. The Morgan fingerprint density at radius 3 is 2.58 bits per heavy atom. The van der Waals surface area contributed by atoms with E-state index in [1.807, 2.05) is 4.90 Å². The third kappa shape index (κ3) is 3.80. The molecule has 7 heteroatoms. The van der Waals surface area contributed by atoms with E-state index in [1.54, 1.807) is 18.3 Å². The average molecular weight is 356 g/mol. The standard InChI is InChI=1S/C19H18F2N4O/c20-15-4-1-5-16(21)17(15)19(26)24-12-13-6-9-25(10-7-13)18-14(11-22)3-2-8-23-18/h1-5,8,13H,6-7,9-10,12H2,(H,24,26). The molecule has 1 aliphatic rings. The topological polar surface area (TPSA) is 69.0 Å². The Labute approximate surface area is 150 Å². The molecule has 0 saturated carbocycles. The fourth-order valence-electron chi connectivity index (χ4n) is 3.13. The molecule has 1 aliphatic heterocycles. The lowest BCUT2D eigenvalue weighted by Gasteiger charge is -2.33. The third-order valence-electron chi connectivity index (χ3n) is 4.56. The molecule has 1 fully saturated rings. The number of pyridine rings is 1. The van der Waals surface area contributed by atoms with Crippen molar-refractivity contribution in [1.29, 1.82) is 5.26 Å². The van der Waals surface area contributed by atoms with Gasteiger partial charge in [0.15, 0.2) is 0 Å². The molecule has 0 atom stereocenters. The maximum atomic E-state index is 13.6. The summed E-state index contributed by atoms with van der Waals surface area (Å²) in [5, 5.41) is 11.8. The Bertz CT molecular complexity index is 821. The van der Waals surface area contributed by atoms with Gasteiger partial charge in [-0.1, -0.05) is 6.07 Å². The number of amides is 1. The van der Waals surface area contributed by atoms with Crippen molar-refractivity contribution < 1.29 is 13.6 Å². The largest absolute Gasteiger partial charge is 0.356 e. The molecule has 134 valence electrons. The molecule has 3 rings (SSSR count). The van der Waals surface area contributed by atoms with E-state index in [0.717, 1.165) is 25.0 Å². The van der Waals surface area contributed by atoms with E-state index in [9.17, 15) is 18.8 Å². The van der Waals surface area contributed by atoms with Crippen LogP contribution >= 0.6 is 0 Å². The highest BCUT2D eigenvalue weighted by atomic mass is 19.1. The van der Waals surface area contributed by atoms with Crippen LogP contribution in [0.5, 0.6) is 0 Å². The number of hydrogen-bond acceptors (Lipinski definition) is 4. The van der Waals surface area contributed by atoms with Gasteiger partial charge in [-0.2, -0.15) is 5.26 Å². The van der Waals surface area contributed by atoms with Crippen molar-refractivity contribution in [3.8, 4) is 6.07 Å². The number of carbonyl (C=O) groups is 1. The van der Waals surface area contributed by atoms with Gasteiger partial charge in [0.05, 0.1) is 5.56 Å². The van der Waals surface area contributed by atoms with E-state index in [4.69, 9.17) is 0 Å². The summed E-state index contributed by atoms with van der Waals surface area (Å²) in [5.74, 6) is -1.59. The lowest BCUT2D eigenvalue weighted by molar-refractivity contribution is 0.0936. The molecule has 0 aliphatic carbocycles. The number of rotatable bonds is 4. The first-order chi connectivity index (χ1) is 12.6. The molecule has 0 spiro atoms. The average Bonchev–Trinajstić information content (AvgIpc) is 2.66. The molecular formula is C19H18F2N4O. The van der Waals surface area contributed by atoms with Gasteiger partial charge in [0.25, 0.3) is 5.91 Å². The van der Waals surface area contributed by atoms with E-state index < -0.39 is 23.1 Å². The highest BCUT2D eigenvalue weighted by Gasteiger charge is 2.23. The molecular weight excluding hydrogens is 338 g/mol. The molecule has 5 nitrogen and oxygen atoms in total. The van der Waals surface area contributed by atoms with Crippen molar-refractivity contribution in [1.82, 2.24) is 10.3 Å². The predicted molar refractivity (Wildman–Crippen MR) is 92.6 cm³/mol. The molecule has 0 bridgehead atoms. The van der Waals surface area contributed by atoms with Crippen LogP contribution in [0.2, 0.25) is 0 Å². The number of hydrogen-bond donors (Lipinski definition) is 1. The summed E-state index contributed by atoms with van der Waals surface area (Å²) in [6, 6.07) is 8.96. The monoisotopic (exact) mass is 356 g/mol.